The van der Waals surface area contributed by atoms with Gasteiger partial charge in [-0.2, -0.15) is 0 Å². The molecule has 0 saturated carbocycles. The van der Waals surface area contributed by atoms with Gasteiger partial charge in [0.25, 0.3) is 0 Å². The van der Waals surface area contributed by atoms with Crippen molar-refractivity contribution in [2.24, 2.45) is 5.92 Å². The average molecular weight is 312 g/mol. The molecule has 0 aliphatic rings. The van der Waals surface area contributed by atoms with E-state index in [-0.39, 0.29) is 0 Å². The van der Waals surface area contributed by atoms with Crippen LogP contribution in [-0.4, -0.2) is 0 Å². The van der Waals surface area contributed by atoms with Crippen LogP contribution in [0.1, 0.15) is 64.5 Å². The molecule has 0 fully saturated rings. The van der Waals surface area contributed by atoms with Crippen LogP contribution in [0.15, 0.2) is 53.9 Å². The summed E-state index contributed by atoms with van der Waals surface area (Å²) < 4.78 is 0. The van der Waals surface area contributed by atoms with Crippen molar-refractivity contribution in [3.8, 4) is 0 Å². The fourth-order valence-electron chi connectivity index (χ4n) is 2.42. The first-order valence-electron chi connectivity index (χ1n) is 8.97. The lowest BCUT2D eigenvalue weighted by atomic mass is 10.00. The zero-order chi connectivity index (χ0) is 17.1. The molecule has 0 heterocycles. The van der Waals surface area contributed by atoms with Gasteiger partial charge in [0.05, 0.1) is 0 Å². The second-order valence-corrected chi connectivity index (χ2v) is 6.41. The van der Waals surface area contributed by atoms with E-state index in [2.05, 4.69) is 88.6 Å². The quantitative estimate of drug-likeness (QED) is 0.505. The fraction of sp³-hybridized carbons (Fsp3) is 0.455. The van der Waals surface area contributed by atoms with Crippen LogP contribution in [-0.2, 0) is 0 Å². The Morgan fingerprint density at radius 2 is 1.87 bits per heavy atom. The van der Waals surface area contributed by atoms with Crippen molar-refractivity contribution < 1.29 is 0 Å². The fourth-order valence-corrected chi connectivity index (χ4v) is 2.42. The van der Waals surface area contributed by atoms with Gasteiger partial charge in [-0.15, -0.1) is 0 Å². The van der Waals surface area contributed by atoms with Crippen LogP contribution in [0.3, 0.4) is 0 Å². The predicted octanol–water partition coefficient (Wildman–Crippen LogP) is 6.62. The Balaban J connectivity index is 2.89. The number of rotatable bonds is 9. The first kappa shape index (κ1) is 19.3. The van der Waals surface area contributed by atoms with E-state index in [9.17, 15) is 0 Å². The van der Waals surface area contributed by atoms with Gasteiger partial charge < -0.3 is 5.32 Å². The molecule has 1 heteroatoms. The van der Waals surface area contributed by atoms with Gasteiger partial charge in [-0.25, -0.2) is 0 Å². The van der Waals surface area contributed by atoms with E-state index in [1.165, 1.54) is 35.2 Å². The molecule has 1 N–H and O–H groups in total. The monoisotopic (exact) mass is 311 g/mol. The first-order chi connectivity index (χ1) is 11.1. The molecule has 0 aromatic heterocycles. The van der Waals surface area contributed by atoms with Crippen molar-refractivity contribution in [1.29, 1.82) is 0 Å². The number of benzene rings is 1. The SMILES string of the molecule is CCC/C=C(/C=C\c1ccccc1C)N/C=C(\CCC)C(C)C. The minimum absolute atomic E-state index is 0.593. The molecule has 0 bridgehead atoms. The molecule has 0 amide bonds. The highest BCUT2D eigenvalue weighted by Gasteiger charge is 2.02. The lowest BCUT2D eigenvalue weighted by Gasteiger charge is -2.12. The number of hydrogen-bond acceptors (Lipinski definition) is 1. The summed E-state index contributed by atoms with van der Waals surface area (Å²) in [6.45, 7) is 11.1. The third-order valence-corrected chi connectivity index (χ3v) is 3.99. The first-order valence-corrected chi connectivity index (χ1v) is 8.97. The third-order valence-electron chi connectivity index (χ3n) is 3.99. The van der Waals surface area contributed by atoms with Gasteiger partial charge >= 0.3 is 0 Å². The highest BCUT2D eigenvalue weighted by Crippen LogP contribution is 2.16. The summed E-state index contributed by atoms with van der Waals surface area (Å²) >= 11 is 0. The number of unbranched alkanes of at least 4 members (excludes halogenated alkanes) is 1. The van der Waals surface area contributed by atoms with Crippen LogP contribution in [0.2, 0.25) is 0 Å². The molecule has 0 atom stereocenters. The lowest BCUT2D eigenvalue weighted by molar-refractivity contribution is 0.692. The molecule has 23 heavy (non-hydrogen) atoms. The third kappa shape index (κ3) is 7.36. The van der Waals surface area contributed by atoms with Gasteiger partial charge in [-0.3, -0.25) is 0 Å². The van der Waals surface area contributed by atoms with Gasteiger partial charge in [0, 0.05) is 11.9 Å². The van der Waals surface area contributed by atoms with Gasteiger partial charge in [0.2, 0.25) is 0 Å². The maximum atomic E-state index is 3.52. The van der Waals surface area contributed by atoms with E-state index < -0.39 is 0 Å². The van der Waals surface area contributed by atoms with Crippen molar-refractivity contribution in [2.45, 2.75) is 60.3 Å². The smallest absolute Gasteiger partial charge is 0.0339 e. The molecule has 1 nitrogen and oxygen atoms in total. The highest BCUT2D eigenvalue weighted by atomic mass is 14.8. The van der Waals surface area contributed by atoms with Crippen molar-refractivity contribution in [3.05, 3.63) is 65.0 Å². The topological polar surface area (TPSA) is 12.0 Å². The molecule has 1 aromatic carbocycles. The predicted molar refractivity (Wildman–Crippen MR) is 104 cm³/mol. The van der Waals surface area contributed by atoms with Crippen LogP contribution in [0.25, 0.3) is 6.08 Å². The van der Waals surface area contributed by atoms with Crippen LogP contribution in [0, 0.1) is 12.8 Å². The molecule has 1 aromatic rings. The molecule has 0 unspecified atom stereocenters. The van der Waals surface area contributed by atoms with Crippen LogP contribution in [0.4, 0.5) is 0 Å². The van der Waals surface area contributed by atoms with E-state index in [0.29, 0.717) is 5.92 Å². The Morgan fingerprint density at radius 1 is 1.13 bits per heavy atom. The van der Waals surface area contributed by atoms with Crippen molar-refractivity contribution in [2.75, 3.05) is 0 Å². The van der Waals surface area contributed by atoms with E-state index in [0.717, 1.165) is 12.8 Å². The molecule has 0 saturated heterocycles. The van der Waals surface area contributed by atoms with Crippen LogP contribution >= 0.6 is 0 Å². The number of allylic oxidation sites excluding steroid dienone is 3. The normalized spacial score (nSPS) is 13.1. The lowest BCUT2D eigenvalue weighted by Crippen LogP contribution is -2.07. The number of aryl methyl sites for hydroxylation is 1. The maximum absolute atomic E-state index is 3.52. The average Bonchev–Trinajstić information content (AvgIpc) is 2.54. The summed E-state index contributed by atoms with van der Waals surface area (Å²) in [7, 11) is 0. The largest absolute Gasteiger partial charge is 0.362 e. The summed E-state index contributed by atoms with van der Waals surface area (Å²) in [6, 6.07) is 8.49. The maximum Gasteiger partial charge on any atom is 0.0339 e. The second kappa shape index (κ2) is 10.9. The molecule has 1 rings (SSSR count). The van der Waals surface area contributed by atoms with Crippen molar-refractivity contribution >= 4 is 6.08 Å². The van der Waals surface area contributed by atoms with E-state index in [1.54, 1.807) is 0 Å². The van der Waals surface area contributed by atoms with Crippen LogP contribution < -0.4 is 5.32 Å². The highest BCUT2D eigenvalue weighted by molar-refractivity contribution is 5.56. The Hall–Kier alpha value is -1.76. The Bertz CT molecular complexity index is 547. The Kier molecular flexibility index (Phi) is 9.12. The summed E-state index contributed by atoms with van der Waals surface area (Å²) in [4.78, 5) is 0. The minimum Gasteiger partial charge on any atom is -0.362 e. The Labute approximate surface area is 143 Å². The van der Waals surface area contributed by atoms with Gasteiger partial charge in [-0.1, -0.05) is 82.5 Å². The summed E-state index contributed by atoms with van der Waals surface area (Å²) in [5.41, 5.74) is 5.25. The van der Waals surface area contributed by atoms with Crippen LogP contribution in [0.5, 0.6) is 0 Å². The standard InChI is InChI=1S/C22H33N/c1-6-8-14-22(23-17-21(11-7-2)18(3)4)16-15-20-13-10-9-12-19(20)5/h9-10,12-18,23H,6-8,11H2,1-5H3/b16-15-,21-17+,22-14-. The Morgan fingerprint density at radius 3 is 2.48 bits per heavy atom. The van der Waals surface area contributed by atoms with E-state index in [1.807, 2.05) is 0 Å². The summed E-state index contributed by atoms with van der Waals surface area (Å²) in [6.07, 6.45) is 13.5. The molecule has 126 valence electrons. The number of nitrogens with one attached hydrogen (secondary N) is 1. The minimum atomic E-state index is 0.593. The van der Waals surface area contributed by atoms with Crippen molar-refractivity contribution in [3.63, 3.8) is 0 Å². The zero-order valence-electron chi connectivity index (χ0n) is 15.5. The zero-order valence-corrected chi connectivity index (χ0v) is 15.5. The van der Waals surface area contributed by atoms with Gasteiger partial charge in [-0.05, 0) is 42.9 Å². The van der Waals surface area contributed by atoms with E-state index in [4.69, 9.17) is 0 Å². The molecular weight excluding hydrogens is 278 g/mol. The molecule has 0 radical (unpaired) electrons. The molecule has 0 aliphatic heterocycles. The molecular formula is C22H33N. The number of hydrogen-bond donors (Lipinski definition) is 1. The summed E-state index contributed by atoms with van der Waals surface area (Å²) in [5, 5.41) is 3.52. The summed E-state index contributed by atoms with van der Waals surface area (Å²) in [5.74, 6) is 0.593. The molecule has 0 aliphatic carbocycles. The van der Waals surface area contributed by atoms with Gasteiger partial charge in [0.15, 0.2) is 0 Å². The van der Waals surface area contributed by atoms with E-state index >= 15 is 0 Å². The second-order valence-electron chi connectivity index (χ2n) is 6.41. The molecule has 0 spiro atoms. The van der Waals surface area contributed by atoms with Gasteiger partial charge in [0.1, 0.15) is 0 Å². The van der Waals surface area contributed by atoms with Crippen molar-refractivity contribution in [1.82, 2.24) is 5.32 Å².